The third-order valence-corrected chi connectivity index (χ3v) is 3.38. The number of aliphatic carboxylic acids is 2. The minimum absolute atomic E-state index is 0.0401. The minimum atomic E-state index is -1.20. The van der Waals surface area contributed by atoms with E-state index in [0.717, 1.165) is 0 Å². The molecular weight excluding hydrogens is 276 g/mol. The van der Waals surface area contributed by atoms with E-state index in [0.29, 0.717) is 21.7 Å². The van der Waals surface area contributed by atoms with Crippen LogP contribution < -0.4 is 10.0 Å². The van der Waals surface area contributed by atoms with E-state index in [1.165, 1.54) is 24.5 Å². The Bertz CT molecular complexity index is 637. The quantitative estimate of drug-likeness (QED) is 0.558. The molecule has 7 heteroatoms. The number of nitrogens with zero attached hydrogens (tertiary/aromatic N) is 1. The molecule has 0 radical (unpaired) electrons. The number of carboxylic acids is 2. The molecule has 0 bridgehead atoms. The summed E-state index contributed by atoms with van der Waals surface area (Å²) in [6.45, 7) is 3.16. The number of carbonyl (C=O) groups is 2. The molecule has 0 saturated carbocycles. The maximum atomic E-state index is 11.5. The van der Waals surface area contributed by atoms with E-state index < -0.39 is 17.9 Å². The van der Waals surface area contributed by atoms with Crippen molar-refractivity contribution < 1.29 is 24.5 Å². The van der Waals surface area contributed by atoms with Crippen LogP contribution in [-0.4, -0.2) is 22.2 Å². The molecule has 21 heavy (non-hydrogen) atoms. The maximum Gasteiger partial charge on any atom is 0.334 e. The van der Waals surface area contributed by atoms with Crippen LogP contribution in [-0.2, 0) is 9.59 Å². The van der Waals surface area contributed by atoms with Crippen molar-refractivity contribution in [2.24, 2.45) is 0 Å². The Labute approximate surface area is 120 Å². The first kappa shape index (κ1) is 14.6. The summed E-state index contributed by atoms with van der Waals surface area (Å²) in [6.07, 6.45) is 2.42. The molecule has 0 fully saturated rings. The van der Waals surface area contributed by atoms with Gasteiger partial charge in [-0.15, -0.1) is 0 Å². The fraction of sp³-hybridized carbons (Fsp3) is 0.214. The molecule has 7 nitrogen and oxygen atoms in total. The van der Waals surface area contributed by atoms with E-state index in [1.807, 2.05) is 0 Å². The van der Waals surface area contributed by atoms with Gasteiger partial charge in [-0.1, -0.05) is 0 Å². The topological polar surface area (TPSA) is 114 Å². The van der Waals surface area contributed by atoms with Crippen LogP contribution in [0.5, 0.6) is 0 Å². The number of carboxylic acid groups (broad SMARTS) is 2. The first-order valence-corrected chi connectivity index (χ1v) is 6.16. The van der Waals surface area contributed by atoms with Crippen LogP contribution >= 0.6 is 0 Å². The van der Waals surface area contributed by atoms with Gasteiger partial charge in [-0.3, -0.25) is 0 Å². The summed E-state index contributed by atoms with van der Waals surface area (Å²) < 4.78 is 0.554. The first-order valence-electron chi connectivity index (χ1n) is 6.16. The number of rotatable bonds is 3. The lowest BCUT2D eigenvalue weighted by Gasteiger charge is -2.28. The number of hydrogen-bond donors (Lipinski definition) is 3. The molecule has 3 N–H and O–H groups in total. The lowest BCUT2D eigenvalue weighted by Crippen LogP contribution is -2.32. The predicted molar refractivity (Wildman–Crippen MR) is 72.0 cm³/mol. The molecule has 0 saturated heterocycles. The van der Waals surface area contributed by atoms with Crippen molar-refractivity contribution in [3.05, 3.63) is 57.8 Å². The molecule has 1 aromatic heterocycles. The van der Waals surface area contributed by atoms with Gasteiger partial charge in [-0.2, -0.15) is 4.73 Å². The second kappa shape index (κ2) is 5.28. The van der Waals surface area contributed by atoms with Gasteiger partial charge in [0.15, 0.2) is 12.4 Å². The Kier molecular flexibility index (Phi) is 3.66. The van der Waals surface area contributed by atoms with Crippen molar-refractivity contribution in [3.63, 3.8) is 0 Å². The van der Waals surface area contributed by atoms with Crippen LogP contribution in [0, 0.1) is 5.21 Å². The Morgan fingerprint density at radius 1 is 1.10 bits per heavy atom. The normalized spacial score (nSPS) is 15.9. The zero-order valence-corrected chi connectivity index (χ0v) is 11.5. The first-order chi connectivity index (χ1) is 9.82. The highest BCUT2D eigenvalue weighted by atomic mass is 16.5. The van der Waals surface area contributed by atoms with Gasteiger partial charge in [-0.25, -0.2) is 9.59 Å². The Hall–Kier alpha value is -2.83. The van der Waals surface area contributed by atoms with Gasteiger partial charge in [0.25, 0.3) is 0 Å². The summed E-state index contributed by atoms with van der Waals surface area (Å²) >= 11 is 0. The molecule has 0 atom stereocenters. The third kappa shape index (κ3) is 2.58. The number of nitrogens with one attached hydrogen (secondary N) is 1. The number of aromatic nitrogens is 1. The molecule has 0 spiro atoms. The van der Waals surface area contributed by atoms with Crippen LogP contribution in [0.1, 0.15) is 25.3 Å². The van der Waals surface area contributed by atoms with E-state index in [-0.39, 0.29) is 11.1 Å². The molecule has 0 aliphatic carbocycles. The van der Waals surface area contributed by atoms with Crippen molar-refractivity contribution >= 4 is 11.9 Å². The van der Waals surface area contributed by atoms with Gasteiger partial charge < -0.3 is 20.7 Å². The van der Waals surface area contributed by atoms with E-state index >= 15 is 0 Å². The van der Waals surface area contributed by atoms with Gasteiger partial charge in [0.05, 0.1) is 17.1 Å². The molecule has 0 unspecified atom stereocenters. The van der Waals surface area contributed by atoms with Crippen LogP contribution in [0.15, 0.2) is 47.1 Å². The van der Waals surface area contributed by atoms with Gasteiger partial charge in [0.1, 0.15) is 0 Å². The smallest absolute Gasteiger partial charge is 0.334 e. The van der Waals surface area contributed by atoms with Crippen molar-refractivity contribution in [1.29, 1.82) is 0 Å². The zero-order chi connectivity index (χ0) is 15.7. The van der Waals surface area contributed by atoms with Crippen LogP contribution in [0.3, 0.4) is 0 Å². The molecule has 2 rings (SSSR count). The van der Waals surface area contributed by atoms with Gasteiger partial charge >= 0.3 is 11.9 Å². The van der Waals surface area contributed by atoms with E-state index in [2.05, 4.69) is 5.32 Å². The summed E-state index contributed by atoms with van der Waals surface area (Å²) in [7, 11) is 0. The average molecular weight is 290 g/mol. The maximum absolute atomic E-state index is 11.5. The third-order valence-electron chi connectivity index (χ3n) is 3.38. The number of allylic oxidation sites excluding steroid dienone is 2. The fourth-order valence-corrected chi connectivity index (χ4v) is 2.51. The van der Waals surface area contributed by atoms with E-state index in [4.69, 9.17) is 0 Å². The summed E-state index contributed by atoms with van der Waals surface area (Å²) in [5.74, 6) is -3.33. The second-order valence-electron chi connectivity index (χ2n) is 4.74. The Morgan fingerprint density at radius 2 is 1.52 bits per heavy atom. The monoisotopic (exact) mass is 290 g/mol. The lowest BCUT2D eigenvalue weighted by molar-refractivity contribution is -0.605. The van der Waals surface area contributed by atoms with Crippen molar-refractivity contribution in [2.75, 3.05) is 0 Å². The van der Waals surface area contributed by atoms with Crippen LogP contribution in [0.2, 0.25) is 0 Å². The largest absolute Gasteiger partial charge is 0.619 e. The summed E-state index contributed by atoms with van der Waals surface area (Å²) in [5.41, 5.74) is 1.13. The van der Waals surface area contributed by atoms with E-state index in [1.54, 1.807) is 13.8 Å². The predicted octanol–water partition coefficient (Wildman–Crippen LogP) is 0.724. The molecule has 0 aromatic carbocycles. The highest BCUT2D eigenvalue weighted by Gasteiger charge is 2.36. The summed E-state index contributed by atoms with van der Waals surface area (Å²) in [4.78, 5) is 23.0. The van der Waals surface area contributed by atoms with Gasteiger partial charge in [0.2, 0.25) is 0 Å². The molecule has 0 amide bonds. The molecule has 1 aliphatic rings. The number of dihydropyridines is 1. The second-order valence-corrected chi connectivity index (χ2v) is 4.74. The SMILES string of the molecule is CC1=C(C(=O)O)C(c2cc[n+]([O-])cc2)C(C(=O)O)=C(C)N1. The number of pyridine rings is 1. The zero-order valence-electron chi connectivity index (χ0n) is 11.5. The Balaban J connectivity index is 2.67. The molecule has 1 aromatic rings. The highest BCUT2D eigenvalue weighted by molar-refractivity contribution is 5.98. The van der Waals surface area contributed by atoms with Gasteiger partial charge in [-0.05, 0) is 19.4 Å². The number of hydrogen-bond acceptors (Lipinski definition) is 4. The van der Waals surface area contributed by atoms with Crippen molar-refractivity contribution in [1.82, 2.24) is 5.32 Å². The summed E-state index contributed by atoms with van der Waals surface area (Å²) in [5, 5.41) is 32.7. The molecular formula is C14H14N2O5. The standard InChI is InChI=1S/C14H14N2O5/c1-7-10(13(17)18)12(9-3-5-16(21)6-4-9)11(14(19)20)8(2)15-7/h3-6,12,15H,1-2H3,(H,17,18)(H,19,20). The molecule has 1 aliphatic heterocycles. The van der Waals surface area contributed by atoms with Crippen LogP contribution in [0.4, 0.5) is 0 Å². The molecule has 2 heterocycles. The van der Waals surface area contributed by atoms with E-state index in [9.17, 15) is 25.0 Å². The minimum Gasteiger partial charge on any atom is -0.619 e. The van der Waals surface area contributed by atoms with Gasteiger partial charge in [0, 0.05) is 23.5 Å². The summed E-state index contributed by atoms with van der Waals surface area (Å²) in [6, 6.07) is 2.85. The average Bonchev–Trinajstić information content (AvgIpc) is 2.37. The van der Waals surface area contributed by atoms with Crippen molar-refractivity contribution in [2.45, 2.75) is 19.8 Å². The lowest BCUT2D eigenvalue weighted by atomic mass is 9.81. The highest BCUT2D eigenvalue weighted by Crippen LogP contribution is 2.37. The van der Waals surface area contributed by atoms with Crippen LogP contribution in [0.25, 0.3) is 0 Å². The van der Waals surface area contributed by atoms with Crippen molar-refractivity contribution in [3.8, 4) is 0 Å². The Morgan fingerprint density at radius 3 is 1.90 bits per heavy atom. The molecule has 110 valence electrons. The fourth-order valence-electron chi connectivity index (χ4n) is 2.51.